The van der Waals surface area contributed by atoms with Crippen molar-refractivity contribution in [2.45, 2.75) is 42.5 Å². The Bertz CT molecular complexity index is 1320. The van der Waals surface area contributed by atoms with Gasteiger partial charge in [-0.25, -0.2) is 4.79 Å². The van der Waals surface area contributed by atoms with Crippen molar-refractivity contribution >= 4 is 46.6 Å². The molecule has 2 amide bonds. The predicted molar refractivity (Wildman–Crippen MR) is 137 cm³/mol. The standard InChI is InChI=1S/C26H29N3O5S2/c1-10(2)19(25(32)33)29-23(30)17-13-9-14(18(17)24(29)31)20-16(13)15(21-22(35-20)27-26(34)36-21)11-5-7-12(8-6-11)28(3)4/h5-8,10,13-20H,9H2,1-4H3,(H,27,34)(H,32,33)/t13-,14+,15+,16+,17+,18+,19+,20-/m1/s1. The van der Waals surface area contributed by atoms with Gasteiger partial charge in [0.2, 0.25) is 11.8 Å². The molecule has 2 aliphatic heterocycles. The van der Waals surface area contributed by atoms with Crippen LogP contribution < -0.4 is 9.77 Å². The van der Waals surface area contributed by atoms with Crippen molar-refractivity contribution in [3.8, 4) is 0 Å². The van der Waals surface area contributed by atoms with E-state index in [0.717, 1.165) is 32.5 Å². The molecule has 0 unspecified atom stereocenters. The molecule has 2 saturated carbocycles. The summed E-state index contributed by atoms with van der Waals surface area (Å²) in [7, 11) is 3.98. The summed E-state index contributed by atoms with van der Waals surface area (Å²) in [5.74, 6) is -3.09. The van der Waals surface area contributed by atoms with E-state index >= 15 is 0 Å². The minimum absolute atomic E-state index is 0.0156. The number of aliphatic carboxylic acids is 1. The van der Waals surface area contributed by atoms with Gasteiger partial charge in [-0.15, -0.1) is 11.8 Å². The highest BCUT2D eigenvalue weighted by Gasteiger charge is 2.70. The summed E-state index contributed by atoms with van der Waals surface area (Å²) in [5.41, 5.74) is 2.19. The number of rotatable bonds is 5. The van der Waals surface area contributed by atoms with E-state index in [1.807, 2.05) is 19.0 Å². The number of fused-ring (bicyclic) bond motifs is 9. The summed E-state index contributed by atoms with van der Waals surface area (Å²) >= 11 is 2.88. The fourth-order valence-corrected chi connectivity index (χ4v) is 10.2. The van der Waals surface area contributed by atoms with Gasteiger partial charge in [-0.05, 0) is 47.8 Å². The number of hydrogen-bond acceptors (Lipinski definition) is 7. The second-order valence-electron chi connectivity index (χ2n) is 11.0. The first-order valence-electron chi connectivity index (χ1n) is 12.4. The number of nitrogens with zero attached hydrogens (tertiary/aromatic N) is 2. The number of amides is 2. The number of hydrogen-bond donors (Lipinski definition) is 2. The molecule has 1 aromatic carbocycles. The van der Waals surface area contributed by atoms with Gasteiger partial charge < -0.3 is 15.0 Å². The third kappa shape index (κ3) is 3.19. The van der Waals surface area contributed by atoms with Crippen molar-refractivity contribution in [2.75, 3.05) is 19.0 Å². The molecular weight excluding hydrogens is 498 g/mol. The van der Waals surface area contributed by atoms with Crippen LogP contribution >= 0.6 is 23.1 Å². The maximum Gasteiger partial charge on any atom is 0.327 e. The van der Waals surface area contributed by atoms with Gasteiger partial charge >= 0.3 is 10.8 Å². The first-order chi connectivity index (χ1) is 17.1. The summed E-state index contributed by atoms with van der Waals surface area (Å²) in [4.78, 5) is 58.8. The Morgan fingerprint density at radius 3 is 2.31 bits per heavy atom. The Kier molecular flexibility index (Phi) is 5.42. The van der Waals surface area contributed by atoms with Crippen LogP contribution in [-0.2, 0) is 14.4 Å². The quantitative estimate of drug-likeness (QED) is 0.575. The Hall–Kier alpha value is -2.59. The maximum absolute atomic E-state index is 13.7. The first kappa shape index (κ1) is 23.8. The van der Waals surface area contributed by atoms with Crippen LogP contribution in [0.3, 0.4) is 0 Å². The molecule has 2 aliphatic carbocycles. The molecule has 36 heavy (non-hydrogen) atoms. The van der Waals surface area contributed by atoms with Crippen molar-refractivity contribution in [2.24, 2.45) is 35.5 Å². The number of nitrogens with one attached hydrogen (secondary N) is 1. The summed E-state index contributed by atoms with van der Waals surface area (Å²) < 4.78 is 0. The molecule has 2 N–H and O–H groups in total. The van der Waals surface area contributed by atoms with Crippen molar-refractivity contribution < 1.29 is 19.5 Å². The van der Waals surface area contributed by atoms with E-state index in [1.54, 1.807) is 25.6 Å². The number of likely N-dealkylation sites (tertiary alicyclic amines) is 1. The van der Waals surface area contributed by atoms with Crippen LogP contribution in [0.2, 0.25) is 0 Å². The first-order valence-corrected chi connectivity index (χ1v) is 14.1. The fourth-order valence-electron chi connectivity index (χ4n) is 7.36. The summed E-state index contributed by atoms with van der Waals surface area (Å²) in [5, 5.41) is 10.8. The SMILES string of the molecule is CC(C)[C@@H](C(=O)O)N1C(=O)[C@H]2[C@@H]3C[C@@H]([C@@H]2C1=O)[C@H]1[C@H](c2ccc(N(C)C)cc2)c2sc(=O)[nH]c2S[C@H]31. The smallest absolute Gasteiger partial charge is 0.327 e. The summed E-state index contributed by atoms with van der Waals surface area (Å²) in [6, 6.07) is 7.22. The van der Waals surface area contributed by atoms with E-state index in [1.165, 1.54) is 11.3 Å². The van der Waals surface area contributed by atoms with Crippen LogP contribution in [-0.4, -0.2) is 58.2 Å². The number of aromatic nitrogens is 1. The lowest BCUT2D eigenvalue weighted by Gasteiger charge is -2.43. The zero-order chi connectivity index (χ0) is 25.6. The van der Waals surface area contributed by atoms with E-state index in [9.17, 15) is 24.3 Å². The van der Waals surface area contributed by atoms with Crippen LogP contribution in [0.15, 0.2) is 34.1 Å². The van der Waals surface area contributed by atoms with Gasteiger partial charge in [0, 0.05) is 35.8 Å². The molecule has 0 spiro atoms. The largest absolute Gasteiger partial charge is 0.480 e. The van der Waals surface area contributed by atoms with E-state index in [4.69, 9.17) is 0 Å². The van der Waals surface area contributed by atoms with Gasteiger partial charge in [-0.1, -0.05) is 37.3 Å². The summed E-state index contributed by atoms with van der Waals surface area (Å²) in [6.45, 7) is 3.47. The van der Waals surface area contributed by atoms with Crippen molar-refractivity contribution in [1.29, 1.82) is 0 Å². The van der Waals surface area contributed by atoms with Crippen LogP contribution in [0.5, 0.6) is 0 Å². The fraction of sp³-hybridized carbons (Fsp3) is 0.538. The molecule has 10 heteroatoms. The number of carbonyl (C=O) groups is 3. The van der Waals surface area contributed by atoms with Crippen LogP contribution in [0, 0.1) is 35.5 Å². The highest BCUT2D eigenvalue weighted by Crippen LogP contribution is 2.68. The lowest BCUT2D eigenvalue weighted by molar-refractivity contribution is -0.157. The number of H-pyrrole nitrogens is 1. The molecule has 8 nitrogen and oxygen atoms in total. The van der Waals surface area contributed by atoms with Gasteiger partial charge in [0.05, 0.1) is 16.9 Å². The van der Waals surface area contributed by atoms with Crippen molar-refractivity contribution in [3.63, 3.8) is 0 Å². The van der Waals surface area contributed by atoms with Crippen LogP contribution in [0.25, 0.3) is 0 Å². The lowest BCUT2D eigenvalue weighted by Crippen LogP contribution is -2.49. The topological polar surface area (TPSA) is 111 Å². The van der Waals surface area contributed by atoms with Gasteiger partial charge in [0.25, 0.3) is 0 Å². The minimum atomic E-state index is -1.14. The Morgan fingerprint density at radius 1 is 1.08 bits per heavy atom. The van der Waals surface area contributed by atoms with Gasteiger partial charge in [0.15, 0.2) is 0 Å². The number of carboxylic acid groups (broad SMARTS) is 1. The van der Waals surface area contributed by atoms with Gasteiger partial charge in [0.1, 0.15) is 6.04 Å². The van der Waals surface area contributed by atoms with Gasteiger partial charge in [-0.2, -0.15) is 0 Å². The molecule has 8 atom stereocenters. The van der Waals surface area contributed by atoms with Crippen molar-refractivity contribution in [3.05, 3.63) is 44.4 Å². The van der Waals surface area contributed by atoms with Gasteiger partial charge in [-0.3, -0.25) is 19.3 Å². The molecule has 3 heterocycles. The molecule has 190 valence electrons. The lowest BCUT2D eigenvalue weighted by atomic mass is 9.68. The molecule has 3 fully saturated rings. The molecule has 4 aliphatic rings. The molecule has 2 aromatic rings. The number of carbonyl (C=O) groups excluding carboxylic acids is 2. The average molecular weight is 528 g/mol. The van der Waals surface area contributed by atoms with Crippen LogP contribution in [0.4, 0.5) is 5.69 Å². The zero-order valence-electron chi connectivity index (χ0n) is 20.5. The average Bonchev–Trinajstić information content (AvgIpc) is 3.54. The zero-order valence-corrected chi connectivity index (χ0v) is 22.1. The molecule has 1 saturated heterocycles. The number of aromatic amines is 1. The number of anilines is 1. The maximum atomic E-state index is 13.7. The molecule has 2 bridgehead atoms. The predicted octanol–water partition coefficient (Wildman–Crippen LogP) is 3.08. The molecule has 6 rings (SSSR count). The van der Waals surface area contributed by atoms with E-state index < -0.39 is 23.8 Å². The summed E-state index contributed by atoms with van der Waals surface area (Å²) in [6.07, 6.45) is 0.786. The minimum Gasteiger partial charge on any atom is -0.480 e. The van der Waals surface area contributed by atoms with Crippen LogP contribution in [0.1, 0.15) is 36.6 Å². The number of carboxylic acids is 1. The highest BCUT2D eigenvalue weighted by atomic mass is 32.2. The molecule has 1 aromatic heterocycles. The Balaban J connectivity index is 1.42. The molecular formula is C26H29N3O5S2. The second-order valence-corrected chi connectivity index (χ2v) is 13.2. The van der Waals surface area contributed by atoms with E-state index in [-0.39, 0.29) is 51.5 Å². The third-order valence-corrected chi connectivity index (χ3v) is 11.3. The second kappa shape index (κ2) is 8.21. The van der Waals surface area contributed by atoms with E-state index in [0.29, 0.717) is 0 Å². The number of benzene rings is 1. The van der Waals surface area contributed by atoms with E-state index in [2.05, 4.69) is 29.2 Å². The Morgan fingerprint density at radius 2 is 1.72 bits per heavy atom. The number of thiazole rings is 1. The molecule has 0 radical (unpaired) electrons. The highest BCUT2D eigenvalue weighted by molar-refractivity contribution is 8.00. The normalized spacial score (nSPS) is 33.0. The third-order valence-electron chi connectivity index (χ3n) is 8.69. The Labute approximate surface area is 217 Å². The monoisotopic (exact) mass is 527 g/mol. The van der Waals surface area contributed by atoms with Crippen molar-refractivity contribution in [1.82, 2.24) is 9.88 Å². The number of thioether (sulfide) groups is 1. The number of imide groups is 1.